The Labute approximate surface area is 84.7 Å². The first kappa shape index (κ1) is 10.5. The Hall–Kier alpha value is -1.59. The first-order valence-corrected chi connectivity index (χ1v) is 4.56. The Kier molecular flexibility index (Phi) is 3.44. The molecule has 0 heterocycles. The minimum Gasteiger partial charge on any atom is -0.324 e. The Balaban J connectivity index is 2.97. The molecule has 0 amide bonds. The topological polar surface area (TPSA) is 49.8 Å². The van der Waals surface area contributed by atoms with E-state index >= 15 is 0 Å². The van der Waals surface area contributed by atoms with Crippen LogP contribution in [0, 0.1) is 18.3 Å². The second kappa shape index (κ2) is 4.59. The van der Waals surface area contributed by atoms with Crippen LogP contribution in [0.2, 0.25) is 0 Å². The highest BCUT2D eigenvalue weighted by molar-refractivity contribution is 5.40. The summed E-state index contributed by atoms with van der Waals surface area (Å²) in [5.41, 5.74) is 8.65. The third kappa shape index (κ3) is 2.21. The van der Waals surface area contributed by atoms with Gasteiger partial charge in [-0.2, -0.15) is 5.26 Å². The van der Waals surface area contributed by atoms with Crippen LogP contribution in [0.25, 0.3) is 0 Å². The van der Waals surface area contributed by atoms with Crippen LogP contribution in [0.3, 0.4) is 0 Å². The second-order valence-corrected chi connectivity index (χ2v) is 3.32. The van der Waals surface area contributed by atoms with E-state index in [1.807, 2.05) is 25.1 Å². The number of benzene rings is 1. The molecule has 0 aliphatic rings. The summed E-state index contributed by atoms with van der Waals surface area (Å²) in [6.07, 6.45) is 2.56. The summed E-state index contributed by atoms with van der Waals surface area (Å²) < 4.78 is 0. The molecule has 0 unspecified atom stereocenters. The average Bonchev–Trinajstić information content (AvgIpc) is 2.18. The number of nitrogens with zero attached hydrogens (tertiary/aromatic N) is 1. The standard InChI is InChI=1S/C12H14N2/c1-3-4-12(14)10-5-6-11(8-13)9(2)7-10/h3,5-7,12H,1,4,14H2,2H3/t12-/m0/s1. The van der Waals surface area contributed by atoms with Gasteiger partial charge in [-0.1, -0.05) is 18.2 Å². The first-order chi connectivity index (χ1) is 6.69. The summed E-state index contributed by atoms with van der Waals surface area (Å²) in [6.45, 7) is 5.57. The van der Waals surface area contributed by atoms with Crippen molar-refractivity contribution in [2.24, 2.45) is 5.73 Å². The van der Waals surface area contributed by atoms with Gasteiger partial charge in [0.05, 0.1) is 11.6 Å². The molecule has 14 heavy (non-hydrogen) atoms. The van der Waals surface area contributed by atoms with Crippen molar-refractivity contribution in [3.8, 4) is 6.07 Å². The van der Waals surface area contributed by atoms with Gasteiger partial charge in [0.1, 0.15) is 0 Å². The highest BCUT2D eigenvalue weighted by Gasteiger charge is 2.05. The van der Waals surface area contributed by atoms with Gasteiger partial charge in [0.25, 0.3) is 0 Å². The van der Waals surface area contributed by atoms with Crippen molar-refractivity contribution in [2.75, 3.05) is 0 Å². The Morgan fingerprint density at radius 1 is 1.64 bits per heavy atom. The molecule has 0 fully saturated rings. The lowest BCUT2D eigenvalue weighted by Crippen LogP contribution is -2.09. The molecule has 1 rings (SSSR count). The fourth-order valence-electron chi connectivity index (χ4n) is 1.36. The predicted molar refractivity (Wildman–Crippen MR) is 57.6 cm³/mol. The van der Waals surface area contributed by atoms with Crippen LogP contribution in [-0.4, -0.2) is 0 Å². The van der Waals surface area contributed by atoms with E-state index in [1.165, 1.54) is 0 Å². The molecular weight excluding hydrogens is 172 g/mol. The van der Waals surface area contributed by atoms with Crippen molar-refractivity contribution in [2.45, 2.75) is 19.4 Å². The molecule has 1 aromatic rings. The van der Waals surface area contributed by atoms with Gasteiger partial charge in [0.2, 0.25) is 0 Å². The van der Waals surface area contributed by atoms with E-state index in [9.17, 15) is 0 Å². The van der Waals surface area contributed by atoms with Crippen LogP contribution in [0.1, 0.15) is 29.2 Å². The normalized spacial score (nSPS) is 11.8. The van der Waals surface area contributed by atoms with Gasteiger partial charge in [-0.15, -0.1) is 6.58 Å². The SMILES string of the molecule is C=CC[C@H](N)c1ccc(C#N)c(C)c1. The van der Waals surface area contributed by atoms with Crippen molar-refractivity contribution in [1.82, 2.24) is 0 Å². The zero-order chi connectivity index (χ0) is 10.6. The Morgan fingerprint density at radius 3 is 2.86 bits per heavy atom. The maximum atomic E-state index is 8.75. The fraction of sp³-hybridized carbons (Fsp3) is 0.250. The molecule has 0 saturated heterocycles. The number of rotatable bonds is 3. The summed E-state index contributed by atoms with van der Waals surface area (Å²) in [5.74, 6) is 0. The number of aryl methyl sites for hydroxylation is 1. The van der Waals surface area contributed by atoms with Crippen molar-refractivity contribution < 1.29 is 0 Å². The third-order valence-electron chi connectivity index (χ3n) is 2.22. The molecular formula is C12H14N2. The summed E-state index contributed by atoms with van der Waals surface area (Å²) in [7, 11) is 0. The summed E-state index contributed by atoms with van der Waals surface area (Å²) in [4.78, 5) is 0. The highest BCUT2D eigenvalue weighted by Crippen LogP contribution is 2.17. The van der Waals surface area contributed by atoms with Gasteiger partial charge >= 0.3 is 0 Å². The van der Waals surface area contributed by atoms with E-state index in [0.29, 0.717) is 5.56 Å². The molecule has 0 radical (unpaired) electrons. The molecule has 72 valence electrons. The molecule has 0 aliphatic heterocycles. The minimum absolute atomic E-state index is 0.0149. The van der Waals surface area contributed by atoms with E-state index in [4.69, 9.17) is 11.0 Å². The number of hydrogen-bond acceptors (Lipinski definition) is 2. The molecule has 1 aromatic carbocycles. The summed E-state index contributed by atoms with van der Waals surface area (Å²) in [5, 5.41) is 8.75. The van der Waals surface area contributed by atoms with E-state index in [-0.39, 0.29) is 6.04 Å². The molecule has 0 bridgehead atoms. The van der Waals surface area contributed by atoms with E-state index in [1.54, 1.807) is 6.08 Å². The van der Waals surface area contributed by atoms with Crippen LogP contribution in [0.4, 0.5) is 0 Å². The molecule has 0 aromatic heterocycles. The number of nitriles is 1. The largest absolute Gasteiger partial charge is 0.324 e. The lowest BCUT2D eigenvalue weighted by molar-refractivity contribution is 0.741. The lowest BCUT2D eigenvalue weighted by Gasteiger charge is -2.10. The molecule has 2 heteroatoms. The van der Waals surface area contributed by atoms with Crippen LogP contribution < -0.4 is 5.73 Å². The summed E-state index contributed by atoms with van der Waals surface area (Å²) >= 11 is 0. The van der Waals surface area contributed by atoms with Gasteiger partial charge in [0.15, 0.2) is 0 Å². The maximum absolute atomic E-state index is 8.75. The zero-order valence-corrected chi connectivity index (χ0v) is 8.33. The third-order valence-corrected chi connectivity index (χ3v) is 2.22. The van der Waals surface area contributed by atoms with Crippen molar-refractivity contribution >= 4 is 0 Å². The number of hydrogen-bond donors (Lipinski definition) is 1. The van der Waals surface area contributed by atoms with Crippen molar-refractivity contribution in [3.63, 3.8) is 0 Å². The van der Waals surface area contributed by atoms with Crippen molar-refractivity contribution in [3.05, 3.63) is 47.5 Å². The molecule has 2 N–H and O–H groups in total. The van der Waals surface area contributed by atoms with Gasteiger partial charge in [0, 0.05) is 6.04 Å². The maximum Gasteiger partial charge on any atom is 0.0994 e. The smallest absolute Gasteiger partial charge is 0.0994 e. The quantitative estimate of drug-likeness (QED) is 0.737. The highest BCUT2D eigenvalue weighted by atomic mass is 14.6. The van der Waals surface area contributed by atoms with Crippen LogP contribution in [-0.2, 0) is 0 Å². The fourth-order valence-corrected chi connectivity index (χ4v) is 1.36. The van der Waals surface area contributed by atoms with Crippen LogP contribution in [0.5, 0.6) is 0 Å². The average molecular weight is 186 g/mol. The minimum atomic E-state index is -0.0149. The molecule has 0 spiro atoms. The molecule has 0 saturated carbocycles. The van der Waals surface area contributed by atoms with E-state index < -0.39 is 0 Å². The second-order valence-electron chi connectivity index (χ2n) is 3.32. The first-order valence-electron chi connectivity index (χ1n) is 4.56. The Bertz CT molecular complexity index is 374. The van der Waals surface area contributed by atoms with Crippen LogP contribution in [0.15, 0.2) is 30.9 Å². The molecule has 0 aliphatic carbocycles. The lowest BCUT2D eigenvalue weighted by atomic mass is 9.99. The zero-order valence-electron chi connectivity index (χ0n) is 8.33. The monoisotopic (exact) mass is 186 g/mol. The van der Waals surface area contributed by atoms with Crippen molar-refractivity contribution in [1.29, 1.82) is 5.26 Å². The van der Waals surface area contributed by atoms with E-state index in [0.717, 1.165) is 17.5 Å². The van der Waals surface area contributed by atoms with Crippen LogP contribution >= 0.6 is 0 Å². The van der Waals surface area contributed by atoms with Gasteiger partial charge in [-0.25, -0.2) is 0 Å². The molecule has 2 nitrogen and oxygen atoms in total. The predicted octanol–water partition coefficient (Wildman–Crippen LogP) is 2.44. The Morgan fingerprint density at radius 2 is 2.36 bits per heavy atom. The van der Waals surface area contributed by atoms with Gasteiger partial charge in [-0.3, -0.25) is 0 Å². The van der Waals surface area contributed by atoms with E-state index in [2.05, 4.69) is 12.6 Å². The van der Waals surface area contributed by atoms with Gasteiger partial charge < -0.3 is 5.73 Å². The number of nitrogens with two attached hydrogens (primary N) is 1. The summed E-state index contributed by atoms with van der Waals surface area (Å²) in [6, 6.07) is 7.80. The van der Waals surface area contributed by atoms with Gasteiger partial charge in [-0.05, 0) is 30.5 Å². The molecule has 1 atom stereocenters.